The van der Waals surface area contributed by atoms with Crippen molar-refractivity contribution in [3.05, 3.63) is 62.1 Å². The van der Waals surface area contributed by atoms with Crippen molar-refractivity contribution in [1.29, 1.82) is 0 Å². The van der Waals surface area contributed by atoms with E-state index >= 15 is 0 Å². The molecular formula is C14H10BrNO4. The molecule has 0 saturated carbocycles. The Morgan fingerprint density at radius 1 is 1.20 bits per heavy atom. The van der Waals surface area contributed by atoms with E-state index in [-0.39, 0.29) is 11.4 Å². The minimum Gasteiger partial charge on any atom is -0.450 e. The SMILES string of the molecule is Cc1cc(C=O)ccc1Oc1ccc(Br)cc1[N+](=O)[O-]. The van der Waals surface area contributed by atoms with Gasteiger partial charge in [-0.15, -0.1) is 0 Å². The molecule has 0 amide bonds. The van der Waals surface area contributed by atoms with Crippen LogP contribution in [-0.4, -0.2) is 11.2 Å². The van der Waals surface area contributed by atoms with E-state index < -0.39 is 4.92 Å². The summed E-state index contributed by atoms with van der Waals surface area (Å²) in [6.07, 6.45) is 0.735. The lowest BCUT2D eigenvalue weighted by atomic mass is 10.1. The maximum atomic E-state index is 11.0. The van der Waals surface area contributed by atoms with Crippen molar-refractivity contribution in [2.24, 2.45) is 0 Å². The Hall–Kier alpha value is -2.21. The molecule has 5 nitrogen and oxygen atoms in total. The molecule has 0 bridgehead atoms. The van der Waals surface area contributed by atoms with Gasteiger partial charge in [-0.25, -0.2) is 0 Å². The van der Waals surface area contributed by atoms with Gasteiger partial charge in [0, 0.05) is 16.1 Å². The molecule has 102 valence electrons. The Kier molecular flexibility index (Phi) is 4.14. The smallest absolute Gasteiger partial charge is 0.312 e. The molecule has 0 aliphatic heterocycles. The fourth-order valence-electron chi connectivity index (χ4n) is 1.70. The van der Waals surface area contributed by atoms with Crippen molar-refractivity contribution in [1.82, 2.24) is 0 Å². The number of aryl methyl sites for hydroxylation is 1. The monoisotopic (exact) mass is 335 g/mol. The summed E-state index contributed by atoms with van der Waals surface area (Å²) >= 11 is 3.18. The highest BCUT2D eigenvalue weighted by molar-refractivity contribution is 9.10. The lowest BCUT2D eigenvalue weighted by Crippen LogP contribution is -1.95. The fourth-order valence-corrected chi connectivity index (χ4v) is 2.05. The molecule has 0 unspecified atom stereocenters. The van der Waals surface area contributed by atoms with Crippen molar-refractivity contribution in [2.75, 3.05) is 0 Å². The largest absolute Gasteiger partial charge is 0.450 e. The number of rotatable bonds is 4. The third kappa shape index (κ3) is 3.03. The second-order valence-corrected chi connectivity index (χ2v) is 5.03. The summed E-state index contributed by atoms with van der Waals surface area (Å²) < 4.78 is 6.18. The van der Waals surface area contributed by atoms with Crippen LogP contribution in [0.5, 0.6) is 11.5 Å². The fraction of sp³-hybridized carbons (Fsp3) is 0.0714. The summed E-state index contributed by atoms with van der Waals surface area (Å²) in [6.45, 7) is 1.77. The quantitative estimate of drug-likeness (QED) is 0.475. The van der Waals surface area contributed by atoms with Gasteiger partial charge in [0.2, 0.25) is 5.75 Å². The van der Waals surface area contributed by atoms with Crippen LogP contribution in [0.3, 0.4) is 0 Å². The van der Waals surface area contributed by atoms with Crippen LogP contribution < -0.4 is 4.74 Å². The number of carbonyl (C=O) groups excluding carboxylic acids is 1. The molecule has 0 heterocycles. The molecular weight excluding hydrogens is 326 g/mol. The summed E-state index contributed by atoms with van der Waals surface area (Å²) in [5.41, 5.74) is 1.13. The standard InChI is InChI=1S/C14H10BrNO4/c1-9-6-10(8-17)2-4-13(9)20-14-5-3-11(15)7-12(14)16(18)19/h2-8H,1H3. The Labute approximate surface area is 123 Å². The normalized spacial score (nSPS) is 10.1. The Morgan fingerprint density at radius 2 is 1.90 bits per heavy atom. The van der Waals surface area contributed by atoms with Crippen molar-refractivity contribution in [2.45, 2.75) is 6.92 Å². The van der Waals surface area contributed by atoms with Crippen molar-refractivity contribution in [3.63, 3.8) is 0 Å². The zero-order chi connectivity index (χ0) is 14.7. The second-order valence-electron chi connectivity index (χ2n) is 4.11. The van der Waals surface area contributed by atoms with Gasteiger partial charge in [0.1, 0.15) is 12.0 Å². The first-order valence-corrected chi connectivity index (χ1v) is 6.48. The summed E-state index contributed by atoms with van der Waals surface area (Å²) in [4.78, 5) is 21.2. The molecule has 20 heavy (non-hydrogen) atoms. The van der Waals surface area contributed by atoms with Crippen molar-refractivity contribution in [3.8, 4) is 11.5 Å². The number of aldehydes is 1. The van der Waals surface area contributed by atoms with Crippen molar-refractivity contribution < 1.29 is 14.5 Å². The van der Waals surface area contributed by atoms with Crippen LogP contribution in [0.25, 0.3) is 0 Å². The molecule has 0 spiro atoms. The lowest BCUT2D eigenvalue weighted by Gasteiger charge is -2.09. The third-order valence-electron chi connectivity index (χ3n) is 2.67. The Balaban J connectivity index is 2.39. The van der Waals surface area contributed by atoms with Crippen LogP contribution in [0, 0.1) is 17.0 Å². The van der Waals surface area contributed by atoms with Crippen LogP contribution in [0.1, 0.15) is 15.9 Å². The first kappa shape index (κ1) is 14.2. The summed E-state index contributed by atoms with van der Waals surface area (Å²) in [7, 11) is 0. The first-order valence-electron chi connectivity index (χ1n) is 5.69. The highest BCUT2D eigenvalue weighted by Gasteiger charge is 2.17. The van der Waals surface area contributed by atoms with E-state index in [1.807, 2.05) is 0 Å². The maximum Gasteiger partial charge on any atom is 0.312 e. The number of nitro groups is 1. The van der Waals surface area contributed by atoms with Gasteiger partial charge >= 0.3 is 5.69 Å². The van der Waals surface area contributed by atoms with Gasteiger partial charge in [0.05, 0.1) is 4.92 Å². The van der Waals surface area contributed by atoms with E-state index in [1.54, 1.807) is 31.2 Å². The average molecular weight is 336 g/mol. The Morgan fingerprint density at radius 3 is 2.50 bits per heavy atom. The first-order chi connectivity index (χ1) is 9.51. The number of carbonyl (C=O) groups is 1. The van der Waals surface area contributed by atoms with Gasteiger partial charge < -0.3 is 4.74 Å². The number of nitrogens with zero attached hydrogens (tertiary/aromatic N) is 1. The molecule has 2 aromatic carbocycles. The van der Waals surface area contributed by atoms with Crippen LogP contribution in [0.4, 0.5) is 5.69 Å². The van der Waals surface area contributed by atoms with E-state index in [1.165, 1.54) is 12.1 Å². The second kappa shape index (κ2) is 5.83. The molecule has 0 saturated heterocycles. The van der Waals surface area contributed by atoms with Crippen LogP contribution in [-0.2, 0) is 0 Å². The molecule has 0 N–H and O–H groups in total. The summed E-state index contributed by atoms with van der Waals surface area (Å²) in [5.74, 6) is 0.626. The molecule has 2 rings (SSSR count). The number of ether oxygens (including phenoxy) is 1. The number of hydrogen-bond donors (Lipinski definition) is 0. The van der Waals surface area contributed by atoms with Gasteiger partial charge in [-0.3, -0.25) is 14.9 Å². The molecule has 0 fully saturated rings. The van der Waals surface area contributed by atoms with Gasteiger partial charge in [-0.1, -0.05) is 15.9 Å². The van der Waals surface area contributed by atoms with Crippen LogP contribution in [0.15, 0.2) is 40.9 Å². The molecule has 2 aromatic rings. The third-order valence-corrected chi connectivity index (χ3v) is 3.17. The van der Waals surface area contributed by atoms with Crippen molar-refractivity contribution >= 4 is 27.9 Å². The highest BCUT2D eigenvalue weighted by Crippen LogP contribution is 2.34. The van der Waals surface area contributed by atoms with Gasteiger partial charge in [0.15, 0.2) is 0 Å². The van der Waals surface area contributed by atoms with E-state index in [4.69, 9.17) is 4.74 Å². The number of halogens is 1. The van der Waals surface area contributed by atoms with Gasteiger partial charge in [-0.05, 0) is 42.8 Å². The molecule has 0 aliphatic carbocycles. The average Bonchev–Trinajstić information content (AvgIpc) is 2.42. The van der Waals surface area contributed by atoms with Gasteiger partial charge in [-0.2, -0.15) is 0 Å². The molecule has 0 atom stereocenters. The van der Waals surface area contributed by atoms with E-state index in [0.29, 0.717) is 15.8 Å². The number of nitro benzene ring substituents is 1. The predicted octanol–water partition coefficient (Wildman–Crippen LogP) is 4.27. The van der Waals surface area contributed by atoms with Crippen LogP contribution in [0.2, 0.25) is 0 Å². The zero-order valence-electron chi connectivity index (χ0n) is 10.5. The molecule has 0 aromatic heterocycles. The number of benzene rings is 2. The summed E-state index contributed by atoms with van der Waals surface area (Å²) in [6, 6.07) is 9.44. The molecule has 0 radical (unpaired) electrons. The van der Waals surface area contributed by atoms with E-state index in [2.05, 4.69) is 15.9 Å². The van der Waals surface area contributed by atoms with E-state index in [0.717, 1.165) is 11.8 Å². The van der Waals surface area contributed by atoms with E-state index in [9.17, 15) is 14.9 Å². The highest BCUT2D eigenvalue weighted by atomic mass is 79.9. The lowest BCUT2D eigenvalue weighted by molar-refractivity contribution is -0.385. The summed E-state index contributed by atoms with van der Waals surface area (Å²) in [5, 5.41) is 11.0. The van der Waals surface area contributed by atoms with Crippen LogP contribution >= 0.6 is 15.9 Å². The number of hydrogen-bond acceptors (Lipinski definition) is 4. The minimum atomic E-state index is -0.505. The molecule has 0 aliphatic rings. The van der Waals surface area contributed by atoms with Gasteiger partial charge in [0.25, 0.3) is 0 Å². The zero-order valence-corrected chi connectivity index (χ0v) is 12.1. The maximum absolute atomic E-state index is 11.0. The minimum absolute atomic E-state index is 0.127. The topological polar surface area (TPSA) is 69.4 Å². The Bertz CT molecular complexity index is 685. The predicted molar refractivity (Wildman–Crippen MR) is 77.4 cm³/mol. The molecule has 6 heteroatoms.